The summed E-state index contributed by atoms with van der Waals surface area (Å²) in [5.74, 6) is 0. The Labute approximate surface area is 82.8 Å². The average Bonchev–Trinajstić information content (AvgIpc) is 2.65. The maximum Gasteiger partial charge on any atom is 0.168 e. The first-order chi connectivity index (χ1) is 6.69. The van der Waals surface area contributed by atoms with Crippen LogP contribution in [0.4, 0.5) is 0 Å². The molecular formula is C10H13N3O. The maximum absolute atomic E-state index is 10.6. The minimum atomic E-state index is 0.468. The highest BCUT2D eigenvalue weighted by Gasteiger charge is 2.06. The molecule has 0 fully saturated rings. The number of rotatable bonds is 3. The standard InChI is InChI=1S/C10H13N3O/c1-4-7(2)12-8(3)9-5-11-13-10(9)6-14/h4-6H,1-3H3,(H,11,13)/b7-4-,12-8?. The lowest BCUT2D eigenvalue weighted by molar-refractivity contribution is 0.111. The molecule has 0 spiro atoms. The van der Waals surface area contributed by atoms with E-state index in [1.807, 2.05) is 26.8 Å². The molecular weight excluding hydrogens is 178 g/mol. The van der Waals surface area contributed by atoms with Gasteiger partial charge >= 0.3 is 0 Å². The van der Waals surface area contributed by atoms with Gasteiger partial charge in [-0.25, -0.2) is 0 Å². The van der Waals surface area contributed by atoms with Crippen LogP contribution in [-0.2, 0) is 0 Å². The van der Waals surface area contributed by atoms with E-state index in [1.54, 1.807) is 6.20 Å². The van der Waals surface area contributed by atoms with Gasteiger partial charge in [0.2, 0.25) is 0 Å². The van der Waals surface area contributed by atoms with Crippen LogP contribution in [0, 0.1) is 0 Å². The third kappa shape index (κ3) is 2.16. The summed E-state index contributed by atoms with van der Waals surface area (Å²) in [6, 6.07) is 0. The minimum absolute atomic E-state index is 0.468. The summed E-state index contributed by atoms with van der Waals surface area (Å²) in [5, 5.41) is 6.40. The first kappa shape index (κ1) is 10.4. The molecule has 1 aromatic heterocycles. The van der Waals surface area contributed by atoms with Crippen LogP contribution in [0.15, 0.2) is 23.0 Å². The van der Waals surface area contributed by atoms with Gasteiger partial charge in [0.25, 0.3) is 0 Å². The number of aromatic amines is 1. The molecule has 4 heteroatoms. The second-order valence-electron chi connectivity index (χ2n) is 2.94. The molecule has 0 radical (unpaired) electrons. The summed E-state index contributed by atoms with van der Waals surface area (Å²) < 4.78 is 0. The summed E-state index contributed by atoms with van der Waals surface area (Å²) in [6.07, 6.45) is 4.25. The van der Waals surface area contributed by atoms with Crippen LogP contribution < -0.4 is 0 Å². The first-order valence-corrected chi connectivity index (χ1v) is 4.36. The number of carbonyl (C=O) groups is 1. The van der Waals surface area contributed by atoms with E-state index in [2.05, 4.69) is 15.2 Å². The fourth-order valence-corrected chi connectivity index (χ4v) is 1.06. The molecule has 0 aliphatic rings. The number of nitrogens with one attached hydrogen (secondary N) is 1. The largest absolute Gasteiger partial charge is 0.296 e. The van der Waals surface area contributed by atoms with E-state index >= 15 is 0 Å². The number of H-pyrrole nitrogens is 1. The molecule has 1 heterocycles. The SMILES string of the molecule is C/C=C(/C)N=C(C)c1cn[nH]c1C=O. The molecule has 0 aliphatic carbocycles. The van der Waals surface area contributed by atoms with Crippen molar-refractivity contribution in [2.24, 2.45) is 4.99 Å². The van der Waals surface area contributed by atoms with Crippen LogP contribution in [0.5, 0.6) is 0 Å². The number of hydrogen-bond donors (Lipinski definition) is 1. The number of nitrogens with zero attached hydrogens (tertiary/aromatic N) is 2. The fourth-order valence-electron chi connectivity index (χ4n) is 1.06. The molecule has 1 N–H and O–H groups in total. The van der Waals surface area contributed by atoms with Crippen molar-refractivity contribution in [1.29, 1.82) is 0 Å². The van der Waals surface area contributed by atoms with Gasteiger partial charge in [-0.1, -0.05) is 6.08 Å². The summed E-state index contributed by atoms with van der Waals surface area (Å²) in [6.45, 7) is 5.68. The van der Waals surface area contributed by atoms with Crippen molar-refractivity contribution in [3.63, 3.8) is 0 Å². The zero-order valence-electron chi connectivity index (χ0n) is 8.53. The number of aliphatic imine (C=N–C) groups is 1. The Balaban J connectivity index is 3.05. The fraction of sp³-hybridized carbons (Fsp3) is 0.300. The predicted octanol–water partition coefficient (Wildman–Crippen LogP) is 1.95. The third-order valence-electron chi connectivity index (χ3n) is 1.94. The van der Waals surface area contributed by atoms with Crippen LogP contribution in [0.1, 0.15) is 36.8 Å². The molecule has 14 heavy (non-hydrogen) atoms. The Morgan fingerprint density at radius 1 is 1.57 bits per heavy atom. The number of aromatic nitrogens is 2. The summed E-state index contributed by atoms with van der Waals surface area (Å²) in [7, 11) is 0. The molecule has 0 aromatic carbocycles. The highest BCUT2D eigenvalue weighted by molar-refractivity contribution is 6.04. The lowest BCUT2D eigenvalue weighted by Crippen LogP contribution is -1.97. The Morgan fingerprint density at radius 2 is 2.29 bits per heavy atom. The Hall–Kier alpha value is -1.71. The molecule has 1 aromatic rings. The lowest BCUT2D eigenvalue weighted by Gasteiger charge is -1.97. The van der Waals surface area contributed by atoms with Crippen LogP contribution >= 0.6 is 0 Å². The Bertz CT molecular complexity index is 388. The molecule has 4 nitrogen and oxygen atoms in total. The van der Waals surface area contributed by atoms with Crippen molar-refractivity contribution >= 4 is 12.0 Å². The highest BCUT2D eigenvalue weighted by Crippen LogP contribution is 2.06. The van der Waals surface area contributed by atoms with Gasteiger partial charge in [-0.3, -0.25) is 14.9 Å². The van der Waals surface area contributed by atoms with E-state index in [-0.39, 0.29) is 0 Å². The van der Waals surface area contributed by atoms with Gasteiger partial charge in [-0.05, 0) is 20.8 Å². The quantitative estimate of drug-likeness (QED) is 0.586. The van der Waals surface area contributed by atoms with Crippen LogP contribution in [-0.4, -0.2) is 22.2 Å². The number of hydrogen-bond acceptors (Lipinski definition) is 3. The van der Waals surface area contributed by atoms with E-state index < -0.39 is 0 Å². The number of aldehydes is 1. The van der Waals surface area contributed by atoms with Crippen molar-refractivity contribution in [2.75, 3.05) is 0 Å². The second kappa shape index (κ2) is 4.50. The van der Waals surface area contributed by atoms with Gasteiger partial charge < -0.3 is 0 Å². The first-order valence-electron chi connectivity index (χ1n) is 4.36. The molecule has 0 atom stereocenters. The van der Waals surface area contributed by atoms with Gasteiger partial charge in [0.05, 0.1) is 6.20 Å². The highest BCUT2D eigenvalue weighted by atomic mass is 16.1. The van der Waals surface area contributed by atoms with Crippen LogP contribution in [0.2, 0.25) is 0 Å². The van der Waals surface area contributed by atoms with Crippen LogP contribution in [0.3, 0.4) is 0 Å². The normalized spacial score (nSPS) is 13.1. The van der Waals surface area contributed by atoms with Gasteiger partial charge in [0.15, 0.2) is 6.29 Å². The Kier molecular flexibility index (Phi) is 3.34. The predicted molar refractivity (Wildman–Crippen MR) is 55.6 cm³/mol. The smallest absolute Gasteiger partial charge is 0.168 e. The van der Waals surface area contributed by atoms with E-state index in [9.17, 15) is 4.79 Å². The van der Waals surface area contributed by atoms with Gasteiger partial charge in [0.1, 0.15) is 5.69 Å². The molecule has 0 amide bonds. The van der Waals surface area contributed by atoms with E-state index in [0.717, 1.165) is 23.3 Å². The van der Waals surface area contributed by atoms with Crippen molar-refractivity contribution in [3.8, 4) is 0 Å². The molecule has 0 aliphatic heterocycles. The molecule has 0 bridgehead atoms. The monoisotopic (exact) mass is 191 g/mol. The molecule has 0 unspecified atom stereocenters. The van der Waals surface area contributed by atoms with Crippen molar-refractivity contribution < 1.29 is 4.79 Å². The topological polar surface area (TPSA) is 58.1 Å². The van der Waals surface area contributed by atoms with Crippen molar-refractivity contribution in [3.05, 3.63) is 29.2 Å². The zero-order chi connectivity index (χ0) is 10.6. The van der Waals surface area contributed by atoms with Crippen molar-refractivity contribution in [1.82, 2.24) is 10.2 Å². The summed E-state index contributed by atoms with van der Waals surface area (Å²) in [5.41, 5.74) is 2.92. The van der Waals surface area contributed by atoms with Gasteiger partial charge in [-0.2, -0.15) is 5.10 Å². The molecule has 0 saturated heterocycles. The summed E-state index contributed by atoms with van der Waals surface area (Å²) in [4.78, 5) is 14.9. The van der Waals surface area contributed by atoms with E-state index in [0.29, 0.717) is 5.69 Å². The summed E-state index contributed by atoms with van der Waals surface area (Å²) >= 11 is 0. The number of allylic oxidation sites excluding steroid dienone is 2. The Morgan fingerprint density at radius 3 is 2.86 bits per heavy atom. The number of carbonyl (C=O) groups excluding carboxylic acids is 1. The van der Waals surface area contributed by atoms with E-state index in [4.69, 9.17) is 0 Å². The molecule has 0 saturated carbocycles. The van der Waals surface area contributed by atoms with E-state index in [1.165, 1.54) is 0 Å². The average molecular weight is 191 g/mol. The van der Waals surface area contributed by atoms with Gasteiger partial charge in [0, 0.05) is 17.0 Å². The minimum Gasteiger partial charge on any atom is -0.296 e. The zero-order valence-corrected chi connectivity index (χ0v) is 8.53. The lowest BCUT2D eigenvalue weighted by atomic mass is 10.2. The third-order valence-corrected chi connectivity index (χ3v) is 1.94. The molecule has 1 rings (SSSR count). The molecule has 74 valence electrons. The van der Waals surface area contributed by atoms with Crippen molar-refractivity contribution in [2.45, 2.75) is 20.8 Å². The second-order valence-corrected chi connectivity index (χ2v) is 2.94. The maximum atomic E-state index is 10.6. The van der Waals surface area contributed by atoms with Crippen LogP contribution in [0.25, 0.3) is 0 Å². The van der Waals surface area contributed by atoms with Gasteiger partial charge in [-0.15, -0.1) is 0 Å².